The van der Waals surface area contributed by atoms with Crippen molar-refractivity contribution in [2.45, 2.75) is 44.0 Å². The predicted octanol–water partition coefficient (Wildman–Crippen LogP) is 2.41. The van der Waals surface area contributed by atoms with E-state index in [4.69, 9.17) is 5.73 Å². The molecule has 1 aromatic rings. The minimum Gasteiger partial charge on any atom is -0.326 e. The van der Waals surface area contributed by atoms with E-state index in [1.165, 1.54) is 24.2 Å². The molecule has 1 aromatic heterocycles. The fraction of sp³-hybridized carbons (Fsp3) is 0.692. The first-order valence-corrected chi connectivity index (χ1v) is 9.17. The van der Waals surface area contributed by atoms with Crippen LogP contribution in [0.3, 0.4) is 0 Å². The summed E-state index contributed by atoms with van der Waals surface area (Å²) in [5.41, 5.74) is 5.54. The van der Waals surface area contributed by atoms with Crippen LogP contribution >= 0.6 is 11.3 Å². The molecule has 4 nitrogen and oxygen atoms in total. The van der Waals surface area contributed by atoms with Crippen LogP contribution in [-0.4, -0.2) is 25.8 Å². The van der Waals surface area contributed by atoms with E-state index in [0.717, 1.165) is 17.7 Å². The van der Waals surface area contributed by atoms with Gasteiger partial charge in [0.25, 0.3) is 0 Å². The SMILES string of the molecule is CCCC1CCN(S(=O)(=O)c2csc(CN)c2)CC1. The van der Waals surface area contributed by atoms with Crippen molar-refractivity contribution in [3.05, 3.63) is 16.3 Å². The second-order valence-electron chi connectivity index (χ2n) is 5.09. The molecule has 0 amide bonds. The molecular formula is C13H22N2O2S2. The average molecular weight is 302 g/mol. The van der Waals surface area contributed by atoms with Crippen LogP contribution in [-0.2, 0) is 16.6 Å². The van der Waals surface area contributed by atoms with Crippen LogP contribution in [0.25, 0.3) is 0 Å². The predicted molar refractivity (Wildman–Crippen MR) is 78.6 cm³/mol. The Kier molecular flexibility index (Phi) is 5.00. The fourth-order valence-electron chi connectivity index (χ4n) is 2.60. The Labute approximate surface area is 119 Å². The molecule has 0 bridgehead atoms. The summed E-state index contributed by atoms with van der Waals surface area (Å²) in [7, 11) is -3.30. The molecule has 19 heavy (non-hydrogen) atoms. The Morgan fingerprint density at radius 2 is 2.11 bits per heavy atom. The van der Waals surface area contributed by atoms with Gasteiger partial charge in [0.05, 0.1) is 4.90 Å². The maximum atomic E-state index is 12.5. The van der Waals surface area contributed by atoms with Crippen LogP contribution in [0.1, 0.15) is 37.5 Å². The lowest BCUT2D eigenvalue weighted by Crippen LogP contribution is -2.38. The van der Waals surface area contributed by atoms with Crippen LogP contribution in [0.15, 0.2) is 16.3 Å². The summed E-state index contributed by atoms with van der Waals surface area (Å²) < 4.78 is 26.6. The molecule has 2 N–H and O–H groups in total. The number of thiophene rings is 1. The van der Waals surface area contributed by atoms with Gasteiger partial charge in [-0.3, -0.25) is 0 Å². The van der Waals surface area contributed by atoms with Crippen molar-refractivity contribution < 1.29 is 8.42 Å². The molecule has 6 heteroatoms. The number of sulfonamides is 1. The molecule has 0 aromatic carbocycles. The molecule has 1 aliphatic heterocycles. The van der Waals surface area contributed by atoms with Crippen molar-refractivity contribution in [2.24, 2.45) is 11.7 Å². The number of hydrogen-bond acceptors (Lipinski definition) is 4. The van der Waals surface area contributed by atoms with Crippen molar-refractivity contribution in [1.29, 1.82) is 0 Å². The standard InChI is InChI=1S/C13H22N2O2S2/c1-2-3-11-4-6-15(7-5-11)19(16,17)13-8-12(9-14)18-10-13/h8,10-11H,2-7,9,14H2,1H3. The number of rotatable bonds is 5. The van der Waals surface area contributed by atoms with Gasteiger partial charge >= 0.3 is 0 Å². The Morgan fingerprint density at radius 1 is 1.42 bits per heavy atom. The first-order valence-electron chi connectivity index (χ1n) is 6.85. The fourth-order valence-corrected chi connectivity index (χ4v) is 5.21. The van der Waals surface area contributed by atoms with Crippen molar-refractivity contribution in [2.75, 3.05) is 13.1 Å². The highest BCUT2D eigenvalue weighted by atomic mass is 32.2. The first-order chi connectivity index (χ1) is 9.07. The van der Waals surface area contributed by atoms with Gasteiger partial charge in [0.15, 0.2) is 0 Å². The Morgan fingerprint density at radius 3 is 2.63 bits per heavy atom. The summed E-state index contributed by atoms with van der Waals surface area (Å²) in [6.45, 7) is 3.89. The lowest BCUT2D eigenvalue weighted by atomic mass is 9.94. The molecule has 1 fully saturated rings. The van der Waals surface area contributed by atoms with Gasteiger partial charge in [-0.05, 0) is 24.8 Å². The van der Waals surface area contributed by atoms with Crippen molar-refractivity contribution in [1.82, 2.24) is 4.31 Å². The summed E-state index contributed by atoms with van der Waals surface area (Å²) in [5, 5.41) is 1.70. The second-order valence-corrected chi connectivity index (χ2v) is 8.02. The van der Waals surface area contributed by atoms with Crippen LogP contribution < -0.4 is 5.73 Å². The zero-order chi connectivity index (χ0) is 13.9. The lowest BCUT2D eigenvalue weighted by molar-refractivity contribution is 0.262. The molecule has 0 radical (unpaired) electrons. The smallest absolute Gasteiger partial charge is 0.243 e. The van der Waals surface area contributed by atoms with Gasteiger partial charge < -0.3 is 5.73 Å². The molecule has 0 spiro atoms. The normalized spacial score (nSPS) is 18.8. The van der Waals surface area contributed by atoms with E-state index in [-0.39, 0.29) is 0 Å². The molecule has 2 rings (SSSR count). The van der Waals surface area contributed by atoms with E-state index in [0.29, 0.717) is 30.4 Å². The van der Waals surface area contributed by atoms with E-state index in [1.807, 2.05) is 0 Å². The third-order valence-electron chi connectivity index (χ3n) is 3.74. The number of piperidine rings is 1. The van der Waals surface area contributed by atoms with Gasteiger partial charge in [-0.25, -0.2) is 8.42 Å². The number of hydrogen-bond donors (Lipinski definition) is 1. The highest BCUT2D eigenvalue weighted by molar-refractivity contribution is 7.89. The summed E-state index contributed by atoms with van der Waals surface area (Å²) in [6.07, 6.45) is 4.37. The van der Waals surface area contributed by atoms with Crippen LogP contribution in [0.2, 0.25) is 0 Å². The first kappa shape index (κ1) is 15.0. The molecule has 1 aliphatic rings. The molecule has 0 saturated carbocycles. The highest BCUT2D eigenvalue weighted by Gasteiger charge is 2.29. The van der Waals surface area contributed by atoms with Crippen molar-refractivity contribution in [3.63, 3.8) is 0 Å². The largest absolute Gasteiger partial charge is 0.326 e. The quantitative estimate of drug-likeness (QED) is 0.908. The van der Waals surface area contributed by atoms with E-state index in [1.54, 1.807) is 15.8 Å². The van der Waals surface area contributed by atoms with Crippen molar-refractivity contribution >= 4 is 21.4 Å². The molecule has 0 aliphatic carbocycles. The van der Waals surface area contributed by atoms with E-state index < -0.39 is 10.0 Å². The van der Waals surface area contributed by atoms with E-state index in [9.17, 15) is 8.42 Å². The highest BCUT2D eigenvalue weighted by Crippen LogP contribution is 2.28. The van der Waals surface area contributed by atoms with E-state index in [2.05, 4.69) is 6.92 Å². The van der Waals surface area contributed by atoms with Gasteiger partial charge in [-0.15, -0.1) is 11.3 Å². The minimum absolute atomic E-state index is 0.402. The zero-order valence-electron chi connectivity index (χ0n) is 11.3. The minimum atomic E-state index is -3.30. The van der Waals surface area contributed by atoms with Crippen LogP contribution in [0, 0.1) is 5.92 Å². The molecule has 0 unspecified atom stereocenters. The van der Waals surface area contributed by atoms with Gasteiger partial charge in [0.1, 0.15) is 0 Å². The second kappa shape index (κ2) is 6.35. The van der Waals surface area contributed by atoms with Crippen LogP contribution in [0.5, 0.6) is 0 Å². The van der Waals surface area contributed by atoms with E-state index >= 15 is 0 Å². The summed E-state index contributed by atoms with van der Waals surface area (Å²) in [5.74, 6) is 0.693. The van der Waals surface area contributed by atoms with Crippen LogP contribution in [0.4, 0.5) is 0 Å². The zero-order valence-corrected chi connectivity index (χ0v) is 13.0. The molecule has 1 saturated heterocycles. The monoisotopic (exact) mass is 302 g/mol. The van der Waals surface area contributed by atoms with Crippen molar-refractivity contribution in [3.8, 4) is 0 Å². The third-order valence-corrected chi connectivity index (χ3v) is 6.72. The van der Waals surface area contributed by atoms with Gasteiger partial charge in [-0.1, -0.05) is 19.8 Å². The topological polar surface area (TPSA) is 63.4 Å². The van der Waals surface area contributed by atoms with Gasteiger partial charge in [-0.2, -0.15) is 4.31 Å². The molecule has 0 atom stereocenters. The van der Waals surface area contributed by atoms with Gasteiger partial charge in [0, 0.05) is 29.9 Å². The molecule has 2 heterocycles. The lowest BCUT2D eigenvalue weighted by Gasteiger charge is -2.30. The maximum absolute atomic E-state index is 12.5. The molecule has 108 valence electrons. The Bertz CT molecular complexity index is 502. The maximum Gasteiger partial charge on any atom is 0.243 e. The number of nitrogens with zero attached hydrogens (tertiary/aromatic N) is 1. The Balaban J connectivity index is 2.05. The Hall–Kier alpha value is -0.430. The summed E-state index contributed by atoms with van der Waals surface area (Å²) in [4.78, 5) is 1.33. The summed E-state index contributed by atoms with van der Waals surface area (Å²) >= 11 is 1.42. The average Bonchev–Trinajstić information content (AvgIpc) is 2.89. The summed E-state index contributed by atoms with van der Waals surface area (Å²) in [6, 6.07) is 1.71. The number of nitrogens with two attached hydrogens (primary N) is 1. The third kappa shape index (κ3) is 3.37. The molecular weight excluding hydrogens is 280 g/mol. The van der Waals surface area contributed by atoms with Gasteiger partial charge in [0.2, 0.25) is 10.0 Å².